The number of nitrogens with two attached hydrogens (primary N) is 1. The number of aromatic hydroxyl groups is 1. The molecule has 0 heterocycles. The highest BCUT2D eigenvalue weighted by Crippen LogP contribution is 2.26. The van der Waals surface area contributed by atoms with E-state index in [2.05, 4.69) is 6.92 Å². The molecule has 3 N–H and O–H groups in total. The highest BCUT2D eigenvalue weighted by molar-refractivity contribution is 5.42. The molecule has 1 atom stereocenters. The van der Waals surface area contributed by atoms with Gasteiger partial charge in [-0.15, -0.1) is 0 Å². The van der Waals surface area contributed by atoms with Crippen LogP contribution in [0.25, 0.3) is 0 Å². The fraction of sp³-hybridized carbons (Fsp3) is 0.455. The van der Waals surface area contributed by atoms with Crippen molar-refractivity contribution in [3.05, 3.63) is 28.8 Å². The Hall–Kier alpha value is -1.02. The van der Waals surface area contributed by atoms with E-state index in [1.807, 2.05) is 13.8 Å². The fourth-order valence-corrected chi connectivity index (χ4v) is 1.74. The maximum absolute atomic E-state index is 9.33. The lowest BCUT2D eigenvalue weighted by Gasteiger charge is -2.16. The van der Waals surface area contributed by atoms with Gasteiger partial charge < -0.3 is 10.8 Å². The molecule has 0 aliphatic rings. The number of rotatable bonds is 2. The predicted molar refractivity (Wildman–Crippen MR) is 54.8 cm³/mol. The van der Waals surface area contributed by atoms with E-state index in [9.17, 15) is 5.11 Å². The topological polar surface area (TPSA) is 46.2 Å². The molecule has 1 rings (SSSR count). The van der Waals surface area contributed by atoms with Crippen molar-refractivity contribution in [2.24, 2.45) is 5.73 Å². The molecule has 0 spiro atoms. The second-order valence-corrected chi connectivity index (χ2v) is 3.51. The van der Waals surface area contributed by atoms with Crippen molar-refractivity contribution in [2.45, 2.75) is 33.2 Å². The number of phenols is 1. The van der Waals surface area contributed by atoms with Gasteiger partial charge in [0.05, 0.1) is 0 Å². The van der Waals surface area contributed by atoms with Crippen LogP contribution in [-0.4, -0.2) is 5.11 Å². The van der Waals surface area contributed by atoms with Crippen molar-refractivity contribution in [3.63, 3.8) is 0 Å². The summed E-state index contributed by atoms with van der Waals surface area (Å²) in [5.41, 5.74) is 9.28. The molecular formula is C11H17NO. The van der Waals surface area contributed by atoms with Crippen molar-refractivity contribution in [2.75, 3.05) is 0 Å². The summed E-state index contributed by atoms with van der Waals surface area (Å²) in [7, 11) is 0. The van der Waals surface area contributed by atoms with Crippen LogP contribution in [0.3, 0.4) is 0 Å². The first-order chi connectivity index (χ1) is 6.06. The fourth-order valence-electron chi connectivity index (χ4n) is 1.74. The Morgan fingerprint density at radius 3 is 2.15 bits per heavy atom. The second kappa shape index (κ2) is 3.79. The molecule has 72 valence electrons. The Bertz CT molecular complexity index is 284. The monoisotopic (exact) mass is 179 g/mol. The van der Waals surface area contributed by atoms with Gasteiger partial charge in [-0.1, -0.05) is 6.92 Å². The molecule has 0 aromatic heterocycles. The number of benzene rings is 1. The quantitative estimate of drug-likeness (QED) is 0.732. The summed E-state index contributed by atoms with van der Waals surface area (Å²) in [5, 5.41) is 9.33. The molecule has 1 aromatic carbocycles. The molecule has 0 bridgehead atoms. The van der Waals surface area contributed by atoms with E-state index >= 15 is 0 Å². The maximum atomic E-state index is 9.33. The molecule has 2 nitrogen and oxygen atoms in total. The van der Waals surface area contributed by atoms with Gasteiger partial charge in [0, 0.05) is 6.04 Å². The summed E-state index contributed by atoms with van der Waals surface area (Å²) in [5.74, 6) is 0.321. The largest absolute Gasteiger partial charge is 0.508 e. The average molecular weight is 179 g/mol. The molecule has 0 aliphatic heterocycles. The molecule has 0 saturated carbocycles. The van der Waals surface area contributed by atoms with Crippen molar-refractivity contribution in [1.29, 1.82) is 0 Å². The van der Waals surface area contributed by atoms with Gasteiger partial charge in [0.25, 0.3) is 0 Å². The third-order valence-electron chi connectivity index (χ3n) is 2.39. The van der Waals surface area contributed by atoms with Gasteiger partial charge in [-0.3, -0.25) is 0 Å². The lowest BCUT2D eigenvalue weighted by molar-refractivity contribution is 0.473. The Kier molecular flexibility index (Phi) is 2.94. The van der Waals surface area contributed by atoms with E-state index in [0.29, 0.717) is 5.75 Å². The zero-order valence-electron chi connectivity index (χ0n) is 8.46. The van der Waals surface area contributed by atoms with Gasteiger partial charge in [0.15, 0.2) is 0 Å². The first kappa shape index (κ1) is 10.1. The third kappa shape index (κ3) is 2.01. The Balaban J connectivity index is 3.20. The minimum atomic E-state index is 0.0839. The molecular weight excluding hydrogens is 162 g/mol. The van der Waals surface area contributed by atoms with E-state index < -0.39 is 0 Å². The average Bonchev–Trinajstić information content (AvgIpc) is 2.02. The van der Waals surface area contributed by atoms with Gasteiger partial charge in [0.1, 0.15) is 5.75 Å². The second-order valence-electron chi connectivity index (χ2n) is 3.51. The smallest absolute Gasteiger partial charge is 0.116 e. The van der Waals surface area contributed by atoms with Gasteiger partial charge in [-0.25, -0.2) is 0 Å². The lowest BCUT2D eigenvalue weighted by atomic mass is 9.95. The van der Waals surface area contributed by atoms with Gasteiger partial charge in [-0.2, -0.15) is 0 Å². The van der Waals surface area contributed by atoms with Gasteiger partial charge in [-0.05, 0) is 49.1 Å². The minimum Gasteiger partial charge on any atom is -0.508 e. The van der Waals surface area contributed by atoms with Crippen LogP contribution in [0.5, 0.6) is 5.75 Å². The van der Waals surface area contributed by atoms with Crippen molar-refractivity contribution >= 4 is 0 Å². The van der Waals surface area contributed by atoms with Crippen LogP contribution in [0.4, 0.5) is 0 Å². The maximum Gasteiger partial charge on any atom is 0.116 e. The number of phenolic OH excluding ortho intramolecular Hbond substituents is 1. The Morgan fingerprint density at radius 2 is 1.77 bits per heavy atom. The molecule has 1 unspecified atom stereocenters. The van der Waals surface area contributed by atoms with Crippen LogP contribution < -0.4 is 5.73 Å². The van der Waals surface area contributed by atoms with E-state index in [1.54, 1.807) is 12.1 Å². The summed E-state index contributed by atoms with van der Waals surface area (Å²) < 4.78 is 0. The van der Waals surface area contributed by atoms with Crippen molar-refractivity contribution in [3.8, 4) is 5.75 Å². The molecule has 0 radical (unpaired) electrons. The molecule has 0 aliphatic carbocycles. The first-order valence-corrected chi connectivity index (χ1v) is 4.62. The summed E-state index contributed by atoms with van der Waals surface area (Å²) >= 11 is 0. The number of hydrogen-bond donors (Lipinski definition) is 2. The minimum absolute atomic E-state index is 0.0839. The van der Waals surface area contributed by atoms with E-state index in [-0.39, 0.29) is 6.04 Å². The highest BCUT2D eigenvalue weighted by Gasteiger charge is 2.10. The number of aryl methyl sites for hydroxylation is 2. The van der Waals surface area contributed by atoms with E-state index in [4.69, 9.17) is 5.73 Å². The van der Waals surface area contributed by atoms with Crippen LogP contribution in [0.1, 0.15) is 36.1 Å². The highest BCUT2D eigenvalue weighted by atomic mass is 16.3. The van der Waals surface area contributed by atoms with Crippen LogP contribution in [0, 0.1) is 13.8 Å². The Morgan fingerprint density at radius 1 is 1.31 bits per heavy atom. The molecule has 13 heavy (non-hydrogen) atoms. The number of hydrogen-bond acceptors (Lipinski definition) is 2. The zero-order valence-corrected chi connectivity index (χ0v) is 8.46. The van der Waals surface area contributed by atoms with Crippen molar-refractivity contribution in [1.82, 2.24) is 0 Å². The SMILES string of the molecule is CCC(N)c1c(C)cc(O)cc1C. The van der Waals surface area contributed by atoms with E-state index in [1.165, 1.54) is 5.56 Å². The zero-order chi connectivity index (χ0) is 10.0. The summed E-state index contributed by atoms with van der Waals surface area (Å²) in [6.07, 6.45) is 0.923. The molecule has 0 saturated heterocycles. The third-order valence-corrected chi connectivity index (χ3v) is 2.39. The van der Waals surface area contributed by atoms with E-state index in [0.717, 1.165) is 17.5 Å². The normalized spacial score (nSPS) is 12.9. The first-order valence-electron chi connectivity index (χ1n) is 4.62. The molecule has 1 aromatic rings. The lowest BCUT2D eigenvalue weighted by Crippen LogP contribution is -2.11. The molecule has 0 amide bonds. The van der Waals surface area contributed by atoms with Crippen LogP contribution in [-0.2, 0) is 0 Å². The van der Waals surface area contributed by atoms with Gasteiger partial charge in [0.2, 0.25) is 0 Å². The van der Waals surface area contributed by atoms with Crippen LogP contribution in [0.15, 0.2) is 12.1 Å². The van der Waals surface area contributed by atoms with Crippen LogP contribution >= 0.6 is 0 Å². The summed E-state index contributed by atoms with van der Waals surface area (Å²) in [6, 6.07) is 3.61. The summed E-state index contributed by atoms with van der Waals surface area (Å²) in [6.45, 7) is 6.03. The van der Waals surface area contributed by atoms with Crippen LogP contribution in [0.2, 0.25) is 0 Å². The Labute approximate surface area is 79.4 Å². The van der Waals surface area contributed by atoms with Crippen molar-refractivity contribution < 1.29 is 5.11 Å². The standard InChI is InChI=1S/C11H17NO/c1-4-10(12)11-7(2)5-9(13)6-8(11)3/h5-6,10,13H,4,12H2,1-3H3. The summed E-state index contributed by atoms with van der Waals surface area (Å²) in [4.78, 5) is 0. The molecule has 2 heteroatoms. The molecule has 0 fully saturated rings. The van der Waals surface area contributed by atoms with Gasteiger partial charge >= 0.3 is 0 Å². The predicted octanol–water partition coefficient (Wildman–Crippen LogP) is 2.42.